The molecule has 0 aliphatic rings. The van der Waals surface area contributed by atoms with Crippen molar-refractivity contribution in [2.75, 3.05) is 0 Å². The fourth-order valence-electron chi connectivity index (χ4n) is 3.29. The van der Waals surface area contributed by atoms with Gasteiger partial charge in [0.1, 0.15) is 5.82 Å². The lowest BCUT2D eigenvalue weighted by molar-refractivity contribution is 0.400. The number of phenols is 1. The van der Waals surface area contributed by atoms with Crippen LogP contribution in [-0.4, -0.2) is 5.11 Å². The van der Waals surface area contributed by atoms with E-state index in [4.69, 9.17) is 0 Å². The zero-order chi connectivity index (χ0) is 20.4. The number of fused-ring (bicyclic) bond motifs is 1. The van der Waals surface area contributed by atoms with Crippen LogP contribution in [0, 0.1) is 29.1 Å². The van der Waals surface area contributed by atoms with Gasteiger partial charge >= 0.3 is 0 Å². The highest BCUT2D eigenvalue weighted by Crippen LogP contribution is 2.36. The number of rotatable bonds is 6. The molecule has 0 unspecified atom stereocenters. The smallest absolute Gasteiger partial charge is 0.188 e. The molecular formula is C22H19F5O. The normalized spacial score (nSPS) is 11.4. The van der Waals surface area contributed by atoms with Gasteiger partial charge in [-0.05, 0) is 24.5 Å². The van der Waals surface area contributed by atoms with Crippen LogP contribution in [0.15, 0.2) is 30.3 Å². The van der Waals surface area contributed by atoms with Crippen molar-refractivity contribution < 1.29 is 27.1 Å². The summed E-state index contributed by atoms with van der Waals surface area (Å²) in [5.41, 5.74) is -0.436. The van der Waals surface area contributed by atoms with Gasteiger partial charge in [0.15, 0.2) is 29.0 Å². The third kappa shape index (κ3) is 3.55. The minimum absolute atomic E-state index is 0.209. The van der Waals surface area contributed by atoms with Gasteiger partial charge in [-0.25, -0.2) is 22.0 Å². The summed E-state index contributed by atoms with van der Waals surface area (Å²) in [5, 5.41) is 8.50. The molecule has 0 heterocycles. The van der Waals surface area contributed by atoms with Crippen LogP contribution in [0.1, 0.15) is 38.2 Å². The molecule has 3 aromatic carbocycles. The highest BCUT2D eigenvalue weighted by molar-refractivity contribution is 5.90. The minimum Gasteiger partial charge on any atom is -0.503 e. The van der Waals surface area contributed by atoms with Gasteiger partial charge in [-0.15, -0.1) is 0 Å². The number of phenolic OH excluding ortho intramolecular Hbond substituents is 1. The first-order chi connectivity index (χ1) is 13.4. The maximum atomic E-state index is 14.8. The largest absolute Gasteiger partial charge is 0.503 e. The molecule has 0 saturated heterocycles. The Bertz CT molecular complexity index is 1030. The summed E-state index contributed by atoms with van der Waals surface area (Å²) in [5.74, 6) is -7.21. The monoisotopic (exact) mass is 394 g/mol. The number of hydrogen-bond acceptors (Lipinski definition) is 1. The van der Waals surface area contributed by atoms with Crippen LogP contribution in [0.3, 0.4) is 0 Å². The molecule has 0 radical (unpaired) electrons. The molecule has 3 aromatic rings. The second-order valence-electron chi connectivity index (χ2n) is 6.75. The number of aryl methyl sites for hydroxylation is 1. The summed E-state index contributed by atoms with van der Waals surface area (Å²) in [6, 6.07) is 5.48. The summed E-state index contributed by atoms with van der Waals surface area (Å²) in [6.45, 7) is 2.05. The van der Waals surface area contributed by atoms with Gasteiger partial charge in [0.2, 0.25) is 0 Å². The zero-order valence-electron chi connectivity index (χ0n) is 15.3. The summed E-state index contributed by atoms with van der Waals surface area (Å²) in [6.07, 6.45) is 4.03. The summed E-state index contributed by atoms with van der Waals surface area (Å²) in [7, 11) is 0. The van der Waals surface area contributed by atoms with Gasteiger partial charge in [0.25, 0.3) is 0 Å². The molecule has 0 fully saturated rings. The Morgan fingerprint density at radius 1 is 0.714 bits per heavy atom. The van der Waals surface area contributed by atoms with Crippen LogP contribution in [0.25, 0.3) is 21.9 Å². The molecule has 0 aromatic heterocycles. The maximum absolute atomic E-state index is 14.8. The number of benzene rings is 3. The van der Waals surface area contributed by atoms with E-state index in [1.807, 2.05) is 6.92 Å². The number of aromatic hydroxyl groups is 1. The van der Waals surface area contributed by atoms with E-state index >= 15 is 0 Å². The SMILES string of the molecule is CCCCCCc1ccc(-c2ccc3c(F)c(O)c(F)cc3c2F)c(F)c1F. The van der Waals surface area contributed by atoms with Gasteiger partial charge in [0.05, 0.1) is 0 Å². The third-order valence-corrected chi connectivity index (χ3v) is 4.87. The molecule has 1 nitrogen and oxygen atoms in total. The molecule has 0 saturated carbocycles. The third-order valence-electron chi connectivity index (χ3n) is 4.87. The summed E-state index contributed by atoms with van der Waals surface area (Å²) < 4.78 is 71.4. The van der Waals surface area contributed by atoms with E-state index in [1.165, 1.54) is 12.1 Å². The predicted octanol–water partition coefficient (Wildman–Crippen LogP) is 7.03. The van der Waals surface area contributed by atoms with Gasteiger partial charge in [-0.1, -0.05) is 50.5 Å². The topological polar surface area (TPSA) is 20.2 Å². The van der Waals surface area contributed by atoms with Crippen molar-refractivity contribution in [3.05, 3.63) is 65.0 Å². The van der Waals surface area contributed by atoms with Crippen molar-refractivity contribution in [3.63, 3.8) is 0 Å². The second-order valence-corrected chi connectivity index (χ2v) is 6.75. The molecule has 0 atom stereocenters. The average Bonchev–Trinajstić information content (AvgIpc) is 2.68. The summed E-state index contributed by atoms with van der Waals surface area (Å²) >= 11 is 0. The second kappa shape index (κ2) is 8.17. The molecule has 28 heavy (non-hydrogen) atoms. The Hall–Kier alpha value is -2.63. The van der Waals surface area contributed by atoms with Gasteiger partial charge in [-0.3, -0.25) is 0 Å². The maximum Gasteiger partial charge on any atom is 0.188 e. The van der Waals surface area contributed by atoms with Crippen molar-refractivity contribution >= 4 is 10.8 Å². The molecule has 6 heteroatoms. The number of unbranched alkanes of at least 4 members (excludes halogenated alkanes) is 3. The Balaban J connectivity index is 2.04. The molecule has 1 N–H and O–H groups in total. The van der Waals surface area contributed by atoms with E-state index in [1.54, 1.807) is 0 Å². The number of hydrogen-bond donors (Lipinski definition) is 1. The Morgan fingerprint density at radius 3 is 2.11 bits per heavy atom. The molecule has 0 spiro atoms. The predicted molar refractivity (Wildman–Crippen MR) is 98.7 cm³/mol. The Kier molecular flexibility index (Phi) is 5.87. The van der Waals surface area contributed by atoms with E-state index in [2.05, 4.69) is 0 Å². The first-order valence-corrected chi connectivity index (χ1v) is 9.13. The molecular weight excluding hydrogens is 375 g/mol. The highest BCUT2D eigenvalue weighted by Gasteiger charge is 2.21. The van der Waals surface area contributed by atoms with Crippen molar-refractivity contribution in [2.24, 2.45) is 0 Å². The fraction of sp³-hybridized carbons (Fsp3) is 0.273. The van der Waals surface area contributed by atoms with E-state index < -0.39 is 40.2 Å². The fourth-order valence-corrected chi connectivity index (χ4v) is 3.29. The quantitative estimate of drug-likeness (QED) is 0.351. The van der Waals surface area contributed by atoms with Crippen LogP contribution in [0.2, 0.25) is 0 Å². The van der Waals surface area contributed by atoms with Crippen LogP contribution in [-0.2, 0) is 6.42 Å². The molecule has 148 valence electrons. The summed E-state index contributed by atoms with van der Waals surface area (Å²) in [4.78, 5) is 0. The lowest BCUT2D eigenvalue weighted by atomic mass is 9.96. The van der Waals surface area contributed by atoms with Crippen LogP contribution < -0.4 is 0 Å². The molecule has 0 bridgehead atoms. The van der Waals surface area contributed by atoms with Crippen LogP contribution in [0.4, 0.5) is 22.0 Å². The van der Waals surface area contributed by atoms with Crippen molar-refractivity contribution in [1.29, 1.82) is 0 Å². The lowest BCUT2D eigenvalue weighted by Gasteiger charge is -2.12. The van der Waals surface area contributed by atoms with Crippen LogP contribution in [0.5, 0.6) is 5.75 Å². The molecule has 0 aliphatic heterocycles. The van der Waals surface area contributed by atoms with Crippen LogP contribution >= 0.6 is 0 Å². The molecule has 0 aliphatic carbocycles. The number of halogens is 5. The van der Waals surface area contributed by atoms with E-state index in [-0.39, 0.29) is 22.1 Å². The van der Waals surface area contributed by atoms with Crippen molar-refractivity contribution in [3.8, 4) is 16.9 Å². The van der Waals surface area contributed by atoms with Gasteiger partial charge in [0, 0.05) is 21.9 Å². The van der Waals surface area contributed by atoms with Gasteiger partial charge < -0.3 is 5.11 Å². The highest BCUT2D eigenvalue weighted by atomic mass is 19.2. The van der Waals surface area contributed by atoms with E-state index in [0.717, 1.165) is 37.8 Å². The van der Waals surface area contributed by atoms with Crippen molar-refractivity contribution in [2.45, 2.75) is 39.0 Å². The standard InChI is InChI=1S/C22H19F5O/c1-2-3-4-5-6-12-7-8-14(20(26)18(12)24)13-9-10-15-16(19(13)25)11-17(23)22(28)21(15)27/h7-11,28H,2-6H2,1H3. The first-order valence-electron chi connectivity index (χ1n) is 9.13. The minimum atomic E-state index is -1.34. The van der Waals surface area contributed by atoms with E-state index in [0.29, 0.717) is 12.5 Å². The average molecular weight is 394 g/mol. The zero-order valence-corrected chi connectivity index (χ0v) is 15.3. The van der Waals surface area contributed by atoms with Crippen molar-refractivity contribution in [1.82, 2.24) is 0 Å². The van der Waals surface area contributed by atoms with Gasteiger partial charge in [-0.2, -0.15) is 0 Å². The Labute approximate surface area is 159 Å². The molecule has 3 rings (SSSR count). The first kappa shape index (κ1) is 20.1. The lowest BCUT2D eigenvalue weighted by Crippen LogP contribution is -1.99. The molecule has 0 amide bonds. The van der Waals surface area contributed by atoms with E-state index in [9.17, 15) is 27.1 Å². The Morgan fingerprint density at radius 2 is 1.39 bits per heavy atom.